The predicted molar refractivity (Wildman–Crippen MR) is 118 cm³/mol. The van der Waals surface area contributed by atoms with Gasteiger partial charge in [-0.25, -0.2) is 9.66 Å². The first-order valence-electron chi connectivity index (χ1n) is 9.79. The van der Waals surface area contributed by atoms with Gasteiger partial charge in [0.05, 0.1) is 22.1 Å². The second-order valence-corrected chi connectivity index (χ2v) is 9.70. The van der Waals surface area contributed by atoms with E-state index in [2.05, 4.69) is 38.4 Å². The summed E-state index contributed by atoms with van der Waals surface area (Å²) in [4.78, 5) is 32.4. The van der Waals surface area contributed by atoms with E-state index in [0.29, 0.717) is 23.7 Å². The molecular weight excluding hydrogens is 454 g/mol. The molecule has 7 nitrogen and oxygen atoms in total. The minimum Gasteiger partial charge on any atom is -0.273 e. The first-order valence-corrected chi connectivity index (χ1v) is 11.4. The van der Waals surface area contributed by atoms with Gasteiger partial charge in [0.1, 0.15) is 10.7 Å². The van der Waals surface area contributed by atoms with Crippen LogP contribution in [0, 0.1) is 26.7 Å². The summed E-state index contributed by atoms with van der Waals surface area (Å²) in [5.41, 5.74) is 5.55. The van der Waals surface area contributed by atoms with Gasteiger partial charge < -0.3 is 0 Å². The van der Waals surface area contributed by atoms with Crippen molar-refractivity contribution in [2.45, 2.75) is 59.9 Å². The zero-order chi connectivity index (χ0) is 20.9. The maximum Gasteiger partial charge on any atom is 0.281 e. The monoisotopic (exact) mass is 477 g/mol. The third-order valence-electron chi connectivity index (χ3n) is 5.58. The Morgan fingerprint density at radius 2 is 2.10 bits per heavy atom. The Kier molecular flexibility index (Phi) is 5.37. The molecule has 1 amide bonds. The maximum atomic E-state index is 13.2. The molecule has 1 N–H and O–H groups in total. The van der Waals surface area contributed by atoms with Crippen molar-refractivity contribution < 1.29 is 4.79 Å². The number of hydrogen-bond acceptors (Lipinski definition) is 5. The van der Waals surface area contributed by atoms with Crippen molar-refractivity contribution in [1.29, 1.82) is 0 Å². The molecule has 0 spiro atoms. The molecule has 0 fully saturated rings. The summed E-state index contributed by atoms with van der Waals surface area (Å²) in [6.45, 7) is 8.31. The molecule has 0 aromatic carbocycles. The minimum atomic E-state index is -0.238. The van der Waals surface area contributed by atoms with Crippen molar-refractivity contribution in [3.63, 3.8) is 0 Å². The van der Waals surface area contributed by atoms with E-state index in [0.717, 1.165) is 45.5 Å². The molecule has 0 saturated heterocycles. The van der Waals surface area contributed by atoms with Crippen LogP contribution in [0.2, 0.25) is 0 Å². The summed E-state index contributed by atoms with van der Waals surface area (Å²) in [5, 5.41) is 5.09. The lowest BCUT2D eigenvalue weighted by atomic mass is 9.89. The highest BCUT2D eigenvalue weighted by atomic mass is 79.9. The Hall–Kier alpha value is -2.00. The average Bonchev–Trinajstić information content (AvgIpc) is 3.14. The van der Waals surface area contributed by atoms with Gasteiger partial charge in [0.2, 0.25) is 5.91 Å². The van der Waals surface area contributed by atoms with E-state index in [1.807, 2.05) is 13.8 Å². The highest BCUT2D eigenvalue weighted by Crippen LogP contribution is 2.35. The van der Waals surface area contributed by atoms with Crippen LogP contribution < -0.4 is 11.0 Å². The third kappa shape index (κ3) is 3.66. The molecule has 3 aromatic rings. The summed E-state index contributed by atoms with van der Waals surface area (Å²) in [7, 11) is 0. The summed E-state index contributed by atoms with van der Waals surface area (Å²) in [6, 6.07) is 0. The molecule has 0 radical (unpaired) electrons. The van der Waals surface area contributed by atoms with Gasteiger partial charge in [-0.05, 0) is 67.4 Å². The van der Waals surface area contributed by atoms with Crippen molar-refractivity contribution >= 4 is 43.4 Å². The summed E-state index contributed by atoms with van der Waals surface area (Å²) >= 11 is 5.12. The lowest BCUT2D eigenvalue weighted by molar-refractivity contribution is -0.117. The Morgan fingerprint density at radius 1 is 1.34 bits per heavy atom. The maximum absolute atomic E-state index is 13.2. The fraction of sp³-hybridized carbons (Fsp3) is 0.500. The van der Waals surface area contributed by atoms with Crippen molar-refractivity contribution in [3.8, 4) is 0 Å². The number of halogens is 1. The molecule has 3 heterocycles. The highest BCUT2D eigenvalue weighted by molar-refractivity contribution is 9.10. The van der Waals surface area contributed by atoms with Crippen LogP contribution >= 0.6 is 27.3 Å². The SMILES string of the molecule is Cc1nn(CCC(=O)Nn2c(C)nc3sc4c(c3c2=O)CC[C@@H](C)C4)c(C)c1Br. The number of carbonyl (C=O) groups excluding carboxylic acids is 1. The molecule has 0 bridgehead atoms. The van der Waals surface area contributed by atoms with Crippen molar-refractivity contribution in [2.24, 2.45) is 5.92 Å². The van der Waals surface area contributed by atoms with E-state index >= 15 is 0 Å². The fourth-order valence-electron chi connectivity index (χ4n) is 3.90. The van der Waals surface area contributed by atoms with Crippen LogP contribution in [0.5, 0.6) is 0 Å². The average molecular weight is 478 g/mol. The van der Waals surface area contributed by atoms with E-state index in [9.17, 15) is 9.59 Å². The summed E-state index contributed by atoms with van der Waals surface area (Å²) < 4.78 is 4.05. The van der Waals surface area contributed by atoms with E-state index in [-0.39, 0.29) is 17.9 Å². The van der Waals surface area contributed by atoms with Crippen molar-refractivity contribution in [2.75, 3.05) is 5.43 Å². The molecule has 0 unspecified atom stereocenters. The van der Waals surface area contributed by atoms with E-state index in [1.165, 1.54) is 9.55 Å². The van der Waals surface area contributed by atoms with Crippen LogP contribution in [0.25, 0.3) is 10.2 Å². The largest absolute Gasteiger partial charge is 0.281 e. The van der Waals surface area contributed by atoms with Crippen LogP contribution in [-0.4, -0.2) is 25.3 Å². The molecule has 4 rings (SSSR count). The van der Waals surface area contributed by atoms with Crippen LogP contribution in [-0.2, 0) is 24.2 Å². The van der Waals surface area contributed by atoms with Gasteiger partial charge in [0.15, 0.2) is 0 Å². The first-order chi connectivity index (χ1) is 13.8. The van der Waals surface area contributed by atoms with Gasteiger partial charge >= 0.3 is 0 Å². The number of nitrogens with zero attached hydrogens (tertiary/aromatic N) is 4. The molecule has 1 aliphatic rings. The number of fused-ring (bicyclic) bond motifs is 3. The van der Waals surface area contributed by atoms with Gasteiger partial charge in [0, 0.05) is 17.0 Å². The molecule has 154 valence electrons. The molecule has 1 atom stereocenters. The second-order valence-electron chi connectivity index (χ2n) is 7.82. The molecule has 1 aliphatic carbocycles. The van der Waals surface area contributed by atoms with Crippen LogP contribution in [0.1, 0.15) is 47.4 Å². The quantitative estimate of drug-likeness (QED) is 0.621. The van der Waals surface area contributed by atoms with Crippen LogP contribution in [0.3, 0.4) is 0 Å². The lowest BCUT2D eigenvalue weighted by Crippen LogP contribution is -2.36. The number of hydrogen-bond donors (Lipinski definition) is 1. The number of aromatic nitrogens is 4. The Labute approximate surface area is 181 Å². The predicted octanol–water partition coefficient (Wildman–Crippen LogP) is 3.63. The van der Waals surface area contributed by atoms with E-state index in [1.54, 1.807) is 22.9 Å². The van der Waals surface area contributed by atoms with Gasteiger partial charge in [-0.1, -0.05) is 6.92 Å². The number of aryl methyl sites for hydroxylation is 4. The van der Waals surface area contributed by atoms with Crippen LogP contribution in [0.4, 0.5) is 0 Å². The zero-order valence-corrected chi connectivity index (χ0v) is 19.4. The van der Waals surface area contributed by atoms with Crippen molar-refractivity contribution in [1.82, 2.24) is 19.4 Å². The normalized spacial score (nSPS) is 16.2. The number of thiophene rings is 1. The minimum absolute atomic E-state index is 0.179. The first kappa shape index (κ1) is 20.3. The zero-order valence-electron chi connectivity index (χ0n) is 17.0. The van der Waals surface area contributed by atoms with Gasteiger partial charge in [-0.15, -0.1) is 11.3 Å². The van der Waals surface area contributed by atoms with Crippen molar-refractivity contribution in [3.05, 3.63) is 42.5 Å². The fourth-order valence-corrected chi connectivity index (χ4v) is 5.61. The lowest BCUT2D eigenvalue weighted by Gasteiger charge is -2.17. The van der Waals surface area contributed by atoms with Gasteiger partial charge in [-0.2, -0.15) is 5.10 Å². The number of nitrogens with one attached hydrogen (secondary N) is 1. The van der Waals surface area contributed by atoms with Crippen LogP contribution in [0.15, 0.2) is 9.27 Å². The molecule has 0 saturated carbocycles. The van der Waals surface area contributed by atoms with E-state index < -0.39 is 0 Å². The molecule has 3 aromatic heterocycles. The Balaban J connectivity index is 1.58. The molecular formula is C20H24BrN5O2S. The number of carbonyl (C=O) groups is 1. The topological polar surface area (TPSA) is 81.8 Å². The molecule has 0 aliphatic heterocycles. The van der Waals surface area contributed by atoms with Gasteiger partial charge in [-0.3, -0.25) is 19.7 Å². The molecule has 29 heavy (non-hydrogen) atoms. The number of rotatable bonds is 4. The molecule has 9 heteroatoms. The summed E-state index contributed by atoms with van der Waals surface area (Å²) in [6.07, 6.45) is 3.20. The van der Waals surface area contributed by atoms with Gasteiger partial charge in [0.25, 0.3) is 5.56 Å². The Morgan fingerprint density at radius 3 is 2.79 bits per heavy atom. The Bertz CT molecular complexity index is 1180. The number of amides is 1. The van der Waals surface area contributed by atoms with E-state index in [4.69, 9.17) is 0 Å². The second kappa shape index (κ2) is 7.68. The summed E-state index contributed by atoms with van der Waals surface area (Å²) in [5.74, 6) is 0.891. The highest BCUT2D eigenvalue weighted by Gasteiger charge is 2.24. The smallest absolute Gasteiger partial charge is 0.273 e. The third-order valence-corrected chi connectivity index (χ3v) is 7.87. The standard InChI is InChI=1S/C20H24BrN5O2S/c1-10-5-6-14-15(9-10)29-19-17(14)20(28)26(13(4)22-19)24-16(27)7-8-25-12(3)18(21)11(2)23-25/h10H,5-9H2,1-4H3,(H,24,27)/t10-/m1/s1.